The van der Waals surface area contributed by atoms with Gasteiger partial charge in [-0.15, -0.1) is 0 Å². The molecule has 1 rings (SSSR count). The average molecular weight is 398 g/mol. The number of hydrogen-bond donors (Lipinski definition) is 0. The van der Waals surface area contributed by atoms with Gasteiger partial charge in [-0.05, 0) is 0 Å². The fraction of sp³-hybridized carbons (Fsp3) is 0.500. The van der Waals surface area contributed by atoms with Crippen LogP contribution in [0.2, 0.25) is 16.0 Å². The molecule has 0 saturated carbocycles. The van der Waals surface area contributed by atoms with Gasteiger partial charge in [0.05, 0.1) is 0 Å². The molecule has 0 unspecified atom stereocenters. The second-order valence-corrected chi connectivity index (χ2v) is 11.1. The predicted molar refractivity (Wildman–Crippen MR) is 72.9 cm³/mol. The van der Waals surface area contributed by atoms with Gasteiger partial charge in [-0.2, -0.15) is 0 Å². The quantitative estimate of drug-likeness (QED) is 0.622. The molecule has 0 saturated heterocycles. The van der Waals surface area contributed by atoms with E-state index in [0.717, 1.165) is 0 Å². The molecule has 15 heavy (non-hydrogen) atoms. The van der Waals surface area contributed by atoms with Crippen LogP contribution in [0.15, 0.2) is 12.1 Å². The van der Waals surface area contributed by atoms with E-state index in [2.05, 4.69) is 39.0 Å². The minimum absolute atomic E-state index is 0.651. The normalized spacial score (nSPS) is 10.6. The van der Waals surface area contributed by atoms with Gasteiger partial charge in [-0.25, -0.2) is 0 Å². The van der Waals surface area contributed by atoms with Crippen molar-refractivity contribution in [2.24, 2.45) is 0 Å². The molecule has 1 radical (unpaired) electrons. The molecule has 3 heteroatoms. The molecule has 0 aromatic heterocycles. The molecule has 0 aliphatic carbocycles. The van der Waals surface area contributed by atoms with Gasteiger partial charge in [0.15, 0.2) is 0 Å². The molecule has 0 bridgehead atoms. The Morgan fingerprint density at radius 1 is 0.867 bits per heavy atom. The van der Waals surface area contributed by atoms with E-state index in [1.54, 1.807) is 4.46 Å². The first-order chi connectivity index (χ1) is 7.30. The van der Waals surface area contributed by atoms with E-state index in [1.807, 2.05) is 0 Å². The molecule has 1 aromatic rings. The fourth-order valence-electron chi connectivity index (χ4n) is 1.21. The first kappa shape index (κ1) is 13.8. The van der Waals surface area contributed by atoms with Crippen molar-refractivity contribution < 1.29 is 0 Å². The fourth-order valence-corrected chi connectivity index (χ4v) is 6.79. The van der Waals surface area contributed by atoms with Crippen LogP contribution < -0.4 is 13.4 Å². The molecule has 0 fully saturated rings. The summed E-state index contributed by atoms with van der Waals surface area (Å²) in [4.78, 5) is 0. The van der Waals surface area contributed by atoms with Crippen molar-refractivity contribution in [3.05, 3.63) is 18.2 Å². The summed E-state index contributed by atoms with van der Waals surface area (Å²) in [5, 5.41) is 3.91. The zero-order valence-corrected chi connectivity index (χ0v) is 14.6. The summed E-state index contributed by atoms with van der Waals surface area (Å²) in [7, 11) is 0. The van der Waals surface area contributed by atoms with Gasteiger partial charge in [-0.1, -0.05) is 0 Å². The number of benzene rings is 1. The van der Waals surface area contributed by atoms with Crippen LogP contribution in [0.5, 0.6) is 0 Å². The summed E-state index contributed by atoms with van der Waals surface area (Å²) in [5.41, 5.74) is 0. The van der Waals surface area contributed by atoms with E-state index >= 15 is 0 Å². The summed E-state index contributed by atoms with van der Waals surface area (Å²) in [6.45, 7) is 6.83. The Morgan fingerprint density at radius 3 is 1.73 bits per heavy atom. The standard InChI is InChI=1S/C12H17Se3/c1-4-13-10-7-11(14-5-2)9-12(8-10)15-6-3/h7-8H,4-6H2,1-3H3. The van der Waals surface area contributed by atoms with E-state index in [-0.39, 0.29) is 0 Å². The molecular weight excluding hydrogens is 381 g/mol. The Morgan fingerprint density at radius 2 is 1.33 bits per heavy atom. The Hall–Kier alpha value is 0.778. The van der Waals surface area contributed by atoms with E-state index in [4.69, 9.17) is 0 Å². The zero-order chi connectivity index (χ0) is 11.1. The second kappa shape index (κ2) is 7.96. The molecule has 0 N–H and O–H groups in total. The molecule has 0 spiro atoms. The Bertz CT molecular complexity index is 237. The topological polar surface area (TPSA) is 0 Å². The van der Waals surface area contributed by atoms with Crippen molar-refractivity contribution in [3.63, 3.8) is 0 Å². The SMILES string of the molecule is CC[Se]c1[c]c([Se]CC)cc([Se]CC)c1. The third-order valence-corrected chi connectivity index (χ3v) is 6.94. The van der Waals surface area contributed by atoms with Crippen LogP contribution in [-0.4, -0.2) is 44.9 Å². The molecule has 0 amide bonds. The van der Waals surface area contributed by atoms with E-state index in [9.17, 15) is 0 Å². The van der Waals surface area contributed by atoms with Gasteiger partial charge >= 0.3 is 113 Å². The Balaban J connectivity index is 2.86. The van der Waals surface area contributed by atoms with Crippen molar-refractivity contribution in [2.75, 3.05) is 0 Å². The second-order valence-electron chi connectivity index (χ2n) is 2.84. The average Bonchev–Trinajstić information content (AvgIpc) is 2.19. The Labute approximate surface area is 112 Å². The maximum atomic E-state index is 3.61. The predicted octanol–water partition coefficient (Wildman–Crippen LogP) is 0.790. The molecular formula is C12H17Se3. The molecule has 0 aliphatic rings. The summed E-state index contributed by atoms with van der Waals surface area (Å²) in [6.07, 6.45) is 0. The third kappa shape index (κ3) is 5.09. The van der Waals surface area contributed by atoms with E-state index in [1.165, 1.54) is 24.9 Å². The zero-order valence-electron chi connectivity index (χ0n) is 9.50. The van der Waals surface area contributed by atoms with Gasteiger partial charge in [0.2, 0.25) is 0 Å². The molecule has 0 aliphatic heterocycles. The Kier molecular flexibility index (Phi) is 7.34. The molecule has 0 nitrogen and oxygen atoms in total. The van der Waals surface area contributed by atoms with Crippen LogP contribution in [0, 0.1) is 6.07 Å². The minimum atomic E-state index is 0.651. The van der Waals surface area contributed by atoms with Gasteiger partial charge < -0.3 is 0 Å². The van der Waals surface area contributed by atoms with Crippen molar-refractivity contribution >= 4 is 58.3 Å². The van der Waals surface area contributed by atoms with Crippen molar-refractivity contribution in [1.29, 1.82) is 0 Å². The summed E-state index contributed by atoms with van der Waals surface area (Å²) in [5.74, 6) is 0. The van der Waals surface area contributed by atoms with Crippen LogP contribution in [0.1, 0.15) is 20.8 Å². The molecule has 0 atom stereocenters. The van der Waals surface area contributed by atoms with Crippen LogP contribution in [0.4, 0.5) is 0 Å². The van der Waals surface area contributed by atoms with Gasteiger partial charge in [0, 0.05) is 0 Å². The van der Waals surface area contributed by atoms with E-state index in [0.29, 0.717) is 44.9 Å². The number of rotatable bonds is 6. The van der Waals surface area contributed by atoms with Crippen molar-refractivity contribution in [1.82, 2.24) is 0 Å². The van der Waals surface area contributed by atoms with Gasteiger partial charge in [0.1, 0.15) is 0 Å². The molecule has 1 aromatic carbocycles. The molecule has 0 heterocycles. The van der Waals surface area contributed by atoms with Gasteiger partial charge in [0.25, 0.3) is 0 Å². The summed E-state index contributed by atoms with van der Waals surface area (Å²) in [6, 6.07) is 8.42. The first-order valence-corrected chi connectivity index (χ1v) is 11.5. The summed E-state index contributed by atoms with van der Waals surface area (Å²) >= 11 is 1.99. The van der Waals surface area contributed by atoms with E-state index < -0.39 is 0 Å². The first-order valence-electron chi connectivity index (χ1n) is 5.25. The molecule has 83 valence electrons. The van der Waals surface area contributed by atoms with Crippen molar-refractivity contribution in [2.45, 2.75) is 36.7 Å². The maximum absolute atomic E-state index is 3.61. The van der Waals surface area contributed by atoms with Crippen LogP contribution in [0.3, 0.4) is 0 Å². The van der Waals surface area contributed by atoms with Crippen LogP contribution in [-0.2, 0) is 0 Å². The number of hydrogen-bond acceptors (Lipinski definition) is 0. The van der Waals surface area contributed by atoms with Crippen LogP contribution in [0.25, 0.3) is 0 Å². The van der Waals surface area contributed by atoms with Gasteiger partial charge in [-0.3, -0.25) is 0 Å². The van der Waals surface area contributed by atoms with Crippen molar-refractivity contribution in [3.8, 4) is 0 Å². The van der Waals surface area contributed by atoms with Crippen LogP contribution >= 0.6 is 0 Å². The monoisotopic (exact) mass is 401 g/mol. The summed E-state index contributed by atoms with van der Waals surface area (Å²) < 4.78 is 4.60. The third-order valence-electron chi connectivity index (χ3n) is 1.70.